The molecular formula is C25H23F3O4S. The van der Waals surface area contributed by atoms with E-state index in [4.69, 9.17) is 4.74 Å². The molecule has 8 heteroatoms. The third-order valence-corrected chi connectivity index (χ3v) is 7.06. The van der Waals surface area contributed by atoms with E-state index in [0.717, 1.165) is 0 Å². The number of sulfone groups is 1. The molecule has 0 N–H and O–H groups in total. The third kappa shape index (κ3) is 7.18. The van der Waals surface area contributed by atoms with E-state index in [1.165, 1.54) is 0 Å². The number of carbonyl (C=O) groups excluding carboxylic acids is 1. The Kier molecular flexibility index (Phi) is 7.92. The van der Waals surface area contributed by atoms with Crippen LogP contribution in [0.25, 0.3) is 0 Å². The van der Waals surface area contributed by atoms with Gasteiger partial charge < -0.3 is 4.74 Å². The molecule has 0 radical (unpaired) electrons. The summed E-state index contributed by atoms with van der Waals surface area (Å²) in [7, 11) is -4.86. The second-order valence-electron chi connectivity index (χ2n) is 7.57. The summed E-state index contributed by atoms with van der Waals surface area (Å²) in [5.41, 5.74) is 1.86. The van der Waals surface area contributed by atoms with Gasteiger partial charge in [0.25, 0.3) is 0 Å². The van der Waals surface area contributed by atoms with Crippen molar-refractivity contribution in [1.29, 1.82) is 0 Å². The Labute approximate surface area is 190 Å². The van der Waals surface area contributed by atoms with Crippen molar-refractivity contribution < 1.29 is 31.1 Å². The second-order valence-corrected chi connectivity index (χ2v) is 9.76. The van der Waals surface area contributed by atoms with E-state index in [2.05, 4.69) is 0 Å². The summed E-state index contributed by atoms with van der Waals surface area (Å²) >= 11 is 0. The first kappa shape index (κ1) is 24.5. The molecule has 0 fully saturated rings. The van der Waals surface area contributed by atoms with Crippen molar-refractivity contribution in [1.82, 2.24) is 0 Å². The molecule has 0 aromatic heterocycles. The molecule has 0 saturated heterocycles. The molecule has 0 bridgehead atoms. The summed E-state index contributed by atoms with van der Waals surface area (Å²) < 4.78 is 69.9. The fourth-order valence-corrected chi connectivity index (χ4v) is 4.97. The van der Waals surface area contributed by atoms with Gasteiger partial charge in [-0.2, -0.15) is 13.2 Å². The highest BCUT2D eigenvalue weighted by molar-refractivity contribution is 7.92. The molecule has 3 rings (SSSR count). The molecule has 1 atom stereocenters. The summed E-state index contributed by atoms with van der Waals surface area (Å²) in [5.74, 6) is -3.29. The number of hydrogen-bond donors (Lipinski definition) is 0. The molecule has 3 aromatic rings. The summed E-state index contributed by atoms with van der Waals surface area (Å²) in [6.45, 7) is 0. The van der Waals surface area contributed by atoms with Gasteiger partial charge in [-0.15, -0.1) is 0 Å². The van der Waals surface area contributed by atoms with Gasteiger partial charge in [-0.3, -0.25) is 4.79 Å². The lowest BCUT2D eigenvalue weighted by Gasteiger charge is -2.23. The Balaban J connectivity index is 1.91. The highest BCUT2D eigenvalue weighted by atomic mass is 32.2. The summed E-state index contributed by atoms with van der Waals surface area (Å²) in [6.07, 6.45) is -6.14. The lowest BCUT2D eigenvalue weighted by Crippen LogP contribution is -2.39. The molecule has 3 aromatic carbocycles. The number of alkyl halides is 3. The number of carbonyl (C=O) groups is 1. The van der Waals surface area contributed by atoms with Gasteiger partial charge >= 0.3 is 12.1 Å². The number of aryl methyl sites for hydroxylation is 1. The van der Waals surface area contributed by atoms with E-state index < -0.39 is 39.1 Å². The molecule has 0 heterocycles. The number of hydrogen-bond acceptors (Lipinski definition) is 4. The topological polar surface area (TPSA) is 60.4 Å². The van der Waals surface area contributed by atoms with Crippen LogP contribution in [0, 0.1) is 0 Å². The number of esters is 1. The van der Waals surface area contributed by atoms with E-state index >= 15 is 0 Å². The van der Waals surface area contributed by atoms with Crippen LogP contribution >= 0.6 is 0 Å². The van der Waals surface area contributed by atoms with E-state index in [-0.39, 0.29) is 12.8 Å². The lowest BCUT2D eigenvalue weighted by molar-refractivity contribution is -0.147. The van der Waals surface area contributed by atoms with Gasteiger partial charge in [-0.25, -0.2) is 8.42 Å². The zero-order valence-corrected chi connectivity index (χ0v) is 18.4. The van der Waals surface area contributed by atoms with Crippen molar-refractivity contribution >= 4 is 15.8 Å². The minimum absolute atomic E-state index is 0.110. The van der Waals surface area contributed by atoms with Crippen molar-refractivity contribution in [3.05, 3.63) is 108 Å². The van der Waals surface area contributed by atoms with Crippen LogP contribution in [0.15, 0.2) is 91.0 Å². The van der Waals surface area contributed by atoms with Crippen LogP contribution in [0.1, 0.15) is 29.2 Å². The van der Waals surface area contributed by atoms with Gasteiger partial charge in [0.05, 0.1) is 0 Å². The van der Waals surface area contributed by atoms with Crippen molar-refractivity contribution in [2.45, 2.75) is 30.4 Å². The predicted molar refractivity (Wildman–Crippen MR) is 119 cm³/mol. The molecule has 174 valence electrons. The second kappa shape index (κ2) is 10.7. The summed E-state index contributed by atoms with van der Waals surface area (Å²) in [6, 6.07) is 25.9. The molecule has 0 amide bonds. The van der Waals surface area contributed by atoms with Crippen molar-refractivity contribution in [2.75, 3.05) is 5.75 Å². The van der Waals surface area contributed by atoms with Crippen LogP contribution in [-0.2, 0) is 25.8 Å². The quantitative estimate of drug-likeness (QED) is 0.394. The first-order chi connectivity index (χ1) is 15.7. The smallest absolute Gasteiger partial charge is 0.402 e. The van der Waals surface area contributed by atoms with Crippen molar-refractivity contribution in [3.63, 3.8) is 0 Å². The molecule has 0 unspecified atom stereocenters. The van der Waals surface area contributed by atoms with E-state index in [1.807, 2.05) is 0 Å². The monoisotopic (exact) mass is 476 g/mol. The maximum atomic E-state index is 13.1. The number of halogens is 3. The maximum Gasteiger partial charge on any atom is 0.402 e. The number of ether oxygens (including phenoxy) is 1. The molecule has 0 aliphatic heterocycles. The van der Waals surface area contributed by atoms with Crippen LogP contribution in [0.5, 0.6) is 0 Å². The molecular weight excluding hydrogens is 453 g/mol. The average Bonchev–Trinajstić information content (AvgIpc) is 2.77. The van der Waals surface area contributed by atoms with Crippen molar-refractivity contribution in [2.24, 2.45) is 0 Å². The first-order valence-corrected chi connectivity index (χ1v) is 12.0. The predicted octanol–water partition coefficient (Wildman–Crippen LogP) is 5.30. The van der Waals surface area contributed by atoms with Gasteiger partial charge in [-0.05, 0) is 29.5 Å². The van der Waals surface area contributed by atoms with Gasteiger partial charge in [0.1, 0.15) is 5.75 Å². The van der Waals surface area contributed by atoms with Crippen LogP contribution in [0.4, 0.5) is 13.2 Å². The van der Waals surface area contributed by atoms with Gasteiger partial charge in [0, 0.05) is 0 Å². The molecule has 0 spiro atoms. The molecule has 0 aliphatic carbocycles. The Morgan fingerprint density at radius 1 is 0.788 bits per heavy atom. The zero-order valence-electron chi connectivity index (χ0n) is 17.6. The zero-order chi connectivity index (χ0) is 23.9. The van der Waals surface area contributed by atoms with Crippen LogP contribution in [0.2, 0.25) is 0 Å². The molecule has 0 saturated carbocycles. The normalized spacial score (nSPS) is 13.0. The van der Waals surface area contributed by atoms with Gasteiger partial charge in [0.15, 0.2) is 21.2 Å². The van der Waals surface area contributed by atoms with Crippen LogP contribution in [-0.4, -0.2) is 31.6 Å². The minimum Gasteiger partial charge on any atom is -0.452 e. The number of rotatable bonds is 9. The fourth-order valence-electron chi connectivity index (χ4n) is 3.49. The summed E-state index contributed by atoms with van der Waals surface area (Å²) in [4.78, 5) is 13.1. The molecule has 4 nitrogen and oxygen atoms in total. The Hall–Kier alpha value is -3.13. The largest absolute Gasteiger partial charge is 0.452 e. The molecule has 33 heavy (non-hydrogen) atoms. The Morgan fingerprint density at radius 2 is 1.24 bits per heavy atom. The highest BCUT2D eigenvalue weighted by Gasteiger charge is 2.43. The fraction of sp³-hybridized carbons (Fsp3) is 0.240. The highest BCUT2D eigenvalue weighted by Crippen LogP contribution is 2.29. The third-order valence-electron chi connectivity index (χ3n) is 5.04. The Morgan fingerprint density at radius 3 is 1.70 bits per heavy atom. The minimum atomic E-state index is -4.97. The molecule has 0 aliphatic rings. The van der Waals surface area contributed by atoms with Crippen LogP contribution < -0.4 is 0 Å². The summed E-state index contributed by atoms with van der Waals surface area (Å²) in [5, 5.41) is -1.95. The Bertz CT molecular complexity index is 1090. The van der Waals surface area contributed by atoms with Crippen LogP contribution in [0.3, 0.4) is 0 Å². The van der Waals surface area contributed by atoms with E-state index in [0.29, 0.717) is 16.7 Å². The average molecular weight is 477 g/mol. The van der Waals surface area contributed by atoms with Gasteiger partial charge in [0.2, 0.25) is 0 Å². The maximum absolute atomic E-state index is 13.1. The number of benzene rings is 3. The first-order valence-electron chi connectivity index (χ1n) is 10.3. The SMILES string of the molecule is O=C(OC(c1ccccc1)c1ccccc1)[C@@H](CCc1ccccc1)S(=O)(=O)CC(F)(F)F. The lowest BCUT2D eigenvalue weighted by atomic mass is 10.0. The van der Waals surface area contributed by atoms with Gasteiger partial charge in [-0.1, -0.05) is 91.0 Å². The van der Waals surface area contributed by atoms with E-state index in [9.17, 15) is 26.4 Å². The standard InChI is InChI=1S/C25H23F3O4S/c26-25(27,28)18-33(30,31)22(17-16-19-10-4-1-5-11-19)24(29)32-23(20-12-6-2-7-13-20)21-14-8-3-9-15-21/h1-15,22-23H,16-18H2/t22-/m1/s1. The van der Waals surface area contributed by atoms with E-state index in [1.54, 1.807) is 91.0 Å². The van der Waals surface area contributed by atoms with Crippen molar-refractivity contribution in [3.8, 4) is 0 Å².